The van der Waals surface area contributed by atoms with Gasteiger partial charge in [-0.05, 0) is 5.56 Å². The van der Waals surface area contributed by atoms with Gasteiger partial charge in [0.2, 0.25) is 0 Å². The van der Waals surface area contributed by atoms with Gasteiger partial charge in [-0.2, -0.15) is 21.0 Å². The Hall–Kier alpha value is -3.28. The van der Waals surface area contributed by atoms with Crippen LogP contribution < -0.4 is 5.73 Å². The zero-order chi connectivity index (χ0) is 14.8. The summed E-state index contributed by atoms with van der Waals surface area (Å²) >= 11 is 0. The summed E-state index contributed by atoms with van der Waals surface area (Å²) in [5.41, 5.74) is 4.96. The Bertz CT molecular complexity index is 720. The van der Waals surface area contributed by atoms with Crippen molar-refractivity contribution in [2.24, 2.45) is 17.1 Å². The lowest BCUT2D eigenvalue weighted by atomic mass is 9.94. The minimum atomic E-state index is -1.28. The summed E-state index contributed by atoms with van der Waals surface area (Å²) in [5.74, 6) is -1.05. The van der Waals surface area contributed by atoms with Gasteiger partial charge in [0, 0.05) is 5.92 Å². The van der Waals surface area contributed by atoms with Crippen molar-refractivity contribution in [1.29, 1.82) is 21.0 Å². The number of hydrogen-bond acceptors (Lipinski definition) is 5. The second-order valence-electron chi connectivity index (χ2n) is 4.49. The summed E-state index contributed by atoms with van der Waals surface area (Å²) in [6.07, 6.45) is 0. The number of hydrogen-bond donors (Lipinski definition) is 1. The molecule has 0 heterocycles. The monoisotopic (exact) mass is 259 g/mol. The van der Waals surface area contributed by atoms with Gasteiger partial charge in [-0.3, -0.25) is 0 Å². The highest BCUT2D eigenvalue weighted by Crippen LogP contribution is 2.67. The van der Waals surface area contributed by atoms with Crippen LogP contribution >= 0.6 is 0 Å². The molecule has 0 radical (unpaired) electrons. The molecule has 0 saturated heterocycles. The normalized spacial score (nSPS) is 26.2. The lowest BCUT2D eigenvalue weighted by Crippen LogP contribution is -2.17. The van der Waals surface area contributed by atoms with E-state index in [1.165, 1.54) is 0 Å². The molecule has 0 aliphatic heterocycles. The summed E-state index contributed by atoms with van der Waals surface area (Å²) in [4.78, 5) is 0. The van der Waals surface area contributed by atoms with Crippen LogP contribution in [0.3, 0.4) is 0 Å². The Kier molecular flexibility index (Phi) is 3.14. The summed E-state index contributed by atoms with van der Waals surface area (Å²) < 4.78 is 0. The van der Waals surface area contributed by atoms with Crippen LogP contribution in [0.15, 0.2) is 41.6 Å². The minimum Gasteiger partial charge on any atom is -0.399 e. The molecule has 2 N–H and O–H groups in total. The van der Waals surface area contributed by atoms with E-state index in [0.29, 0.717) is 0 Å². The van der Waals surface area contributed by atoms with E-state index in [9.17, 15) is 10.5 Å². The molecule has 1 fully saturated rings. The van der Waals surface area contributed by atoms with Crippen molar-refractivity contribution >= 4 is 0 Å². The van der Waals surface area contributed by atoms with Crippen LogP contribution in [0.5, 0.6) is 0 Å². The maximum absolute atomic E-state index is 9.47. The topological polar surface area (TPSA) is 121 Å². The Labute approximate surface area is 116 Å². The molecular weight excluding hydrogens is 250 g/mol. The van der Waals surface area contributed by atoms with Crippen molar-refractivity contribution in [1.82, 2.24) is 0 Å². The predicted octanol–water partition coefficient (Wildman–Crippen LogP) is 1.69. The molecule has 0 amide bonds. The average molecular weight is 259 g/mol. The van der Waals surface area contributed by atoms with Crippen LogP contribution in [0.25, 0.3) is 0 Å². The predicted molar refractivity (Wildman–Crippen MR) is 68.8 cm³/mol. The molecule has 1 saturated carbocycles. The molecule has 2 rings (SSSR count). The number of rotatable bonds is 2. The lowest BCUT2D eigenvalue weighted by Gasteiger charge is -2.09. The molecule has 1 aliphatic carbocycles. The molecular formula is C15H9N5. The van der Waals surface area contributed by atoms with Gasteiger partial charge in [0.25, 0.3) is 0 Å². The highest BCUT2D eigenvalue weighted by atomic mass is 14.8. The van der Waals surface area contributed by atoms with Gasteiger partial charge in [-0.25, -0.2) is 0 Å². The van der Waals surface area contributed by atoms with Crippen LogP contribution in [-0.2, 0) is 0 Å². The van der Waals surface area contributed by atoms with Crippen molar-refractivity contribution < 1.29 is 0 Å². The van der Waals surface area contributed by atoms with Crippen molar-refractivity contribution in [3.63, 3.8) is 0 Å². The van der Waals surface area contributed by atoms with Crippen molar-refractivity contribution in [2.45, 2.75) is 5.92 Å². The highest BCUT2D eigenvalue weighted by Gasteiger charge is 2.69. The Morgan fingerprint density at radius 2 is 1.65 bits per heavy atom. The van der Waals surface area contributed by atoms with Gasteiger partial charge in [0.15, 0.2) is 0 Å². The van der Waals surface area contributed by atoms with Gasteiger partial charge in [-0.15, -0.1) is 0 Å². The molecule has 0 unspecified atom stereocenters. The fourth-order valence-electron chi connectivity index (χ4n) is 2.57. The molecule has 0 bridgehead atoms. The van der Waals surface area contributed by atoms with E-state index in [1.54, 1.807) is 36.4 Å². The molecule has 0 spiro atoms. The van der Waals surface area contributed by atoms with Gasteiger partial charge in [-0.1, -0.05) is 30.3 Å². The first-order valence-electron chi connectivity index (χ1n) is 5.83. The minimum absolute atomic E-state index is 0.106. The smallest absolute Gasteiger partial charge is 0.150 e. The van der Waals surface area contributed by atoms with Crippen molar-refractivity contribution in [3.05, 3.63) is 47.2 Å². The highest BCUT2D eigenvalue weighted by molar-refractivity contribution is 5.55. The summed E-state index contributed by atoms with van der Waals surface area (Å²) in [6.45, 7) is 0. The van der Waals surface area contributed by atoms with Gasteiger partial charge >= 0.3 is 0 Å². The molecule has 3 atom stereocenters. The number of nitriles is 4. The Balaban J connectivity index is 2.58. The fourth-order valence-corrected chi connectivity index (χ4v) is 2.57. The van der Waals surface area contributed by atoms with Gasteiger partial charge in [0.1, 0.15) is 23.1 Å². The maximum Gasteiger partial charge on any atom is 0.150 e. The third-order valence-corrected chi connectivity index (χ3v) is 3.63. The molecule has 20 heavy (non-hydrogen) atoms. The second-order valence-corrected chi connectivity index (χ2v) is 4.49. The van der Waals surface area contributed by atoms with E-state index in [1.807, 2.05) is 12.1 Å². The van der Waals surface area contributed by atoms with E-state index in [-0.39, 0.29) is 11.3 Å². The average Bonchev–Trinajstić information content (AvgIpc) is 3.18. The molecule has 5 heteroatoms. The number of allylic oxidation sites excluding steroid dienone is 2. The van der Waals surface area contributed by atoms with Crippen molar-refractivity contribution in [2.75, 3.05) is 0 Å². The first-order valence-corrected chi connectivity index (χ1v) is 5.83. The third kappa shape index (κ3) is 1.59. The molecule has 94 valence electrons. The zero-order valence-corrected chi connectivity index (χ0v) is 10.4. The summed E-state index contributed by atoms with van der Waals surface area (Å²) in [5, 5.41) is 36.5. The largest absolute Gasteiger partial charge is 0.399 e. The van der Waals surface area contributed by atoms with Crippen LogP contribution in [0.4, 0.5) is 0 Å². The van der Waals surface area contributed by atoms with E-state index in [4.69, 9.17) is 16.3 Å². The fraction of sp³-hybridized carbons (Fsp3) is 0.200. The van der Waals surface area contributed by atoms with Crippen LogP contribution in [-0.4, -0.2) is 0 Å². The quantitative estimate of drug-likeness (QED) is 0.810. The molecule has 0 aromatic heterocycles. The molecule has 5 nitrogen and oxygen atoms in total. The molecule has 1 aromatic rings. The first-order chi connectivity index (χ1) is 9.67. The first kappa shape index (κ1) is 13.2. The van der Waals surface area contributed by atoms with E-state index < -0.39 is 17.3 Å². The van der Waals surface area contributed by atoms with E-state index in [0.717, 1.165) is 5.56 Å². The SMILES string of the molecule is N#CC(C#N)=C(N)[C@]1(C#N)[C@H](C#N)[C@H]1c1ccccc1. The van der Waals surface area contributed by atoms with E-state index in [2.05, 4.69) is 6.07 Å². The summed E-state index contributed by atoms with van der Waals surface area (Å²) in [6, 6.07) is 16.5. The maximum atomic E-state index is 9.47. The van der Waals surface area contributed by atoms with Gasteiger partial charge < -0.3 is 5.73 Å². The zero-order valence-electron chi connectivity index (χ0n) is 10.4. The Morgan fingerprint density at radius 3 is 2.10 bits per heavy atom. The van der Waals surface area contributed by atoms with Gasteiger partial charge in [0.05, 0.1) is 23.8 Å². The van der Waals surface area contributed by atoms with Crippen molar-refractivity contribution in [3.8, 4) is 24.3 Å². The summed E-state index contributed by atoms with van der Waals surface area (Å²) in [7, 11) is 0. The number of nitrogens with zero attached hydrogens (tertiary/aromatic N) is 4. The molecule has 1 aliphatic rings. The van der Waals surface area contributed by atoms with E-state index >= 15 is 0 Å². The standard InChI is InChI=1S/C15H9N5/c16-6-11(7-17)14(20)15(9-19)12(8-18)13(15)10-4-2-1-3-5-10/h1-5,12-13H,20H2/t12-,13-,15-/m1/s1. The second kappa shape index (κ2) is 4.77. The van der Waals surface area contributed by atoms with Crippen LogP contribution in [0, 0.1) is 56.7 Å². The van der Waals surface area contributed by atoms with Crippen LogP contribution in [0.2, 0.25) is 0 Å². The number of benzene rings is 1. The molecule has 1 aromatic carbocycles. The number of nitrogens with two attached hydrogens (primary N) is 1. The van der Waals surface area contributed by atoms with Crippen LogP contribution in [0.1, 0.15) is 11.5 Å². The Morgan fingerprint density at radius 1 is 1.05 bits per heavy atom. The third-order valence-electron chi connectivity index (χ3n) is 3.63. The lowest BCUT2D eigenvalue weighted by molar-refractivity contribution is 0.719.